The number of carbonyl (C=O) groups is 2. The zero-order chi connectivity index (χ0) is 28.7. The third kappa shape index (κ3) is 8.87. The van der Waals surface area contributed by atoms with Gasteiger partial charge in [-0.3, -0.25) is 4.79 Å². The number of ether oxygens (including phenoxy) is 1. The Hall–Kier alpha value is -2.76. The SMILES string of the molecule is COc1cccc(CN(C)C(=O)c2nn(-c3ccc(F)cc3)c(CC[C@@H](O)C[C@@H](O)CC(=O)[O-])c2C(C)C)c1.[Na+]. The molecular formula is C29H35FN3NaO6. The third-order valence-corrected chi connectivity index (χ3v) is 6.43. The number of carbonyl (C=O) groups excluding carboxylic acids is 2. The van der Waals surface area contributed by atoms with Crippen LogP contribution in [0.1, 0.15) is 66.3 Å². The van der Waals surface area contributed by atoms with E-state index in [2.05, 4.69) is 5.10 Å². The van der Waals surface area contributed by atoms with E-state index in [0.29, 0.717) is 29.2 Å². The van der Waals surface area contributed by atoms with E-state index in [1.54, 1.807) is 35.9 Å². The standard InChI is InChI=1S/C29H36FN3O6.Na/c1-18(2)27-25(13-12-22(34)15-23(35)16-26(36)37)33(21-10-8-20(30)9-11-21)31-28(27)29(38)32(3)17-19-6-5-7-24(14-19)39-4;/h5-11,14,18,22-23,34-35H,12-13,15-17H2,1-4H3,(H,36,37);/q;+1/p-1/t22-,23-;/m1./s1. The second kappa shape index (κ2) is 15.3. The first-order chi connectivity index (χ1) is 18.5. The minimum atomic E-state index is -1.40. The number of nitrogens with zero attached hydrogens (tertiary/aromatic N) is 3. The number of halogens is 1. The number of carboxylic acids is 1. The van der Waals surface area contributed by atoms with Gasteiger partial charge in [0.2, 0.25) is 0 Å². The van der Waals surface area contributed by atoms with E-state index in [9.17, 15) is 29.3 Å². The maximum Gasteiger partial charge on any atom is 1.00 e. The molecule has 0 aliphatic rings. The van der Waals surface area contributed by atoms with Gasteiger partial charge in [-0.1, -0.05) is 26.0 Å². The maximum atomic E-state index is 13.7. The molecule has 0 aliphatic heterocycles. The Labute approximate surface area is 255 Å². The Bertz CT molecular complexity index is 1280. The molecule has 3 aromatic rings. The first-order valence-corrected chi connectivity index (χ1v) is 12.8. The molecule has 0 radical (unpaired) electrons. The smallest absolute Gasteiger partial charge is 0.550 e. The van der Waals surface area contributed by atoms with E-state index < -0.39 is 30.4 Å². The summed E-state index contributed by atoms with van der Waals surface area (Å²) in [6.07, 6.45) is -2.47. The third-order valence-electron chi connectivity index (χ3n) is 6.43. The van der Waals surface area contributed by atoms with Crippen LogP contribution in [0.15, 0.2) is 48.5 Å². The van der Waals surface area contributed by atoms with Crippen LogP contribution < -0.4 is 39.4 Å². The first kappa shape index (κ1) is 33.4. The van der Waals surface area contributed by atoms with Gasteiger partial charge in [-0.25, -0.2) is 9.07 Å². The summed E-state index contributed by atoms with van der Waals surface area (Å²) in [6, 6.07) is 13.1. The van der Waals surface area contributed by atoms with Gasteiger partial charge in [-0.2, -0.15) is 5.10 Å². The van der Waals surface area contributed by atoms with Gasteiger partial charge < -0.3 is 29.8 Å². The van der Waals surface area contributed by atoms with Crippen molar-refractivity contribution in [2.24, 2.45) is 0 Å². The van der Waals surface area contributed by atoms with Crippen molar-refractivity contribution in [3.8, 4) is 11.4 Å². The number of hydrogen-bond acceptors (Lipinski definition) is 7. The fraction of sp³-hybridized carbons (Fsp3) is 0.414. The molecule has 1 amide bonds. The van der Waals surface area contributed by atoms with Crippen molar-refractivity contribution < 1.29 is 63.6 Å². The van der Waals surface area contributed by atoms with Gasteiger partial charge in [-0.15, -0.1) is 0 Å². The van der Waals surface area contributed by atoms with Crippen LogP contribution in [0, 0.1) is 5.82 Å². The predicted octanol–water partition coefficient (Wildman–Crippen LogP) is -0.396. The van der Waals surface area contributed by atoms with Crippen LogP contribution in [0.4, 0.5) is 4.39 Å². The topological polar surface area (TPSA) is 128 Å². The predicted molar refractivity (Wildman–Crippen MR) is 141 cm³/mol. The van der Waals surface area contributed by atoms with E-state index in [1.807, 2.05) is 38.1 Å². The molecule has 1 heterocycles. The summed E-state index contributed by atoms with van der Waals surface area (Å²) in [4.78, 5) is 26.0. The fourth-order valence-electron chi connectivity index (χ4n) is 4.57. The van der Waals surface area contributed by atoms with Crippen LogP contribution in [0.5, 0.6) is 5.75 Å². The molecule has 2 N–H and O–H groups in total. The summed E-state index contributed by atoms with van der Waals surface area (Å²) in [5.74, 6) is -1.54. The van der Waals surface area contributed by atoms with E-state index in [0.717, 1.165) is 5.56 Å². The number of aliphatic hydroxyl groups excluding tert-OH is 2. The molecule has 0 spiro atoms. The molecule has 0 bridgehead atoms. The minimum absolute atomic E-state index is 0. The summed E-state index contributed by atoms with van der Waals surface area (Å²) < 4.78 is 20.5. The van der Waals surface area contributed by atoms with Gasteiger partial charge in [0.25, 0.3) is 5.91 Å². The number of benzene rings is 2. The van der Waals surface area contributed by atoms with Crippen molar-refractivity contribution in [3.63, 3.8) is 0 Å². The monoisotopic (exact) mass is 563 g/mol. The van der Waals surface area contributed by atoms with Gasteiger partial charge >= 0.3 is 29.6 Å². The quantitative estimate of drug-likeness (QED) is 0.271. The first-order valence-electron chi connectivity index (χ1n) is 12.8. The van der Waals surface area contributed by atoms with Crippen LogP contribution in [0.2, 0.25) is 0 Å². The average molecular weight is 564 g/mol. The normalized spacial score (nSPS) is 12.5. The molecule has 3 rings (SSSR count). The molecule has 0 saturated heterocycles. The minimum Gasteiger partial charge on any atom is -0.550 e. The average Bonchev–Trinajstić information content (AvgIpc) is 3.26. The van der Waals surface area contributed by atoms with Gasteiger partial charge in [0.05, 0.1) is 25.0 Å². The molecule has 9 nitrogen and oxygen atoms in total. The molecular weight excluding hydrogens is 528 g/mol. The molecule has 2 atom stereocenters. The second-order valence-corrected chi connectivity index (χ2v) is 9.92. The van der Waals surface area contributed by atoms with Crippen LogP contribution in [0.25, 0.3) is 5.69 Å². The van der Waals surface area contributed by atoms with Crippen LogP contribution in [-0.2, 0) is 17.8 Å². The van der Waals surface area contributed by atoms with E-state index >= 15 is 0 Å². The molecule has 2 aromatic carbocycles. The Balaban J connectivity index is 0.00000560. The molecule has 210 valence electrons. The Morgan fingerprint density at radius 3 is 2.40 bits per heavy atom. The van der Waals surface area contributed by atoms with Crippen molar-refractivity contribution >= 4 is 11.9 Å². The number of aliphatic carboxylic acids is 1. The van der Waals surface area contributed by atoms with Crippen LogP contribution in [-0.4, -0.2) is 63.1 Å². The van der Waals surface area contributed by atoms with Gasteiger partial charge in [0.15, 0.2) is 5.69 Å². The van der Waals surface area contributed by atoms with E-state index in [-0.39, 0.29) is 66.3 Å². The zero-order valence-electron chi connectivity index (χ0n) is 23.6. The van der Waals surface area contributed by atoms with Gasteiger partial charge in [-0.05, 0) is 67.1 Å². The molecule has 0 saturated carbocycles. The number of carboxylic acid groups (broad SMARTS) is 1. The molecule has 0 aliphatic carbocycles. The van der Waals surface area contributed by atoms with Crippen molar-refractivity contribution in [3.05, 3.63) is 76.9 Å². The summed E-state index contributed by atoms with van der Waals surface area (Å²) in [5, 5.41) is 35.8. The van der Waals surface area contributed by atoms with Crippen molar-refractivity contribution in [1.29, 1.82) is 0 Å². The van der Waals surface area contributed by atoms with Crippen LogP contribution >= 0.6 is 0 Å². The maximum absolute atomic E-state index is 13.7. The number of amides is 1. The number of methoxy groups -OCH3 is 1. The number of aliphatic hydroxyl groups is 2. The summed E-state index contributed by atoms with van der Waals surface area (Å²) in [5.41, 5.74) is 3.05. The molecule has 1 aromatic heterocycles. The van der Waals surface area contributed by atoms with E-state index in [1.165, 1.54) is 12.1 Å². The molecule has 40 heavy (non-hydrogen) atoms. The number of hydrogen-bond donors (Lipinski definition) is 2. The Morgan fingerprint density at radius 1 is 1.12 bits per heavy atom. The zero-order valence-corrected chi connectivity index (χ0v) is 25.6. The summed E-state index contributed by atoms with van der Waals surface area (Å²) in [7, 11) is 3.26. The molecule has 0 fully saturated rings. The number of rotatable bonds is 13. The Morgan fingerprint density at radius 2 is 1.80 bits per heavy atom. The fourth-order valence-corrected chi connectivity index (χ4v) is 4.57. The van der Waals surface area contributed by atoms with Crippen molar-refractivity contribution in [2.45, 2.75) is 64.2 Å². The van der Waals surface area contributed by atoms with Gasteiger partial charge in [0.1, 0.15) is 11.6 Å². The summed E-state index contributed by atoms with van der Waals surface area (Å²) in [6.45, 7) is 4.20. The van der Waals surface area contributed by atoms with Crippen molar-refractivity contribution in [1.82, 2.24) is 14.7 Å². The number of aromatic nitrogens is 2. The van der Waals surface area contributed by atoms with E-state index in [4.69, 9.17) is 4.74 Å². The largest absolute Gasteiger partial charge is 1.00 e. The van der Waals surface area contributed by atoms with Crippen LogP contribution in [0.3, 0.4) is 0 Å². The second-order valence-electron chi connectivity index (χ2n) is 9.92. The molecule has 11 heteroatoms. The van der Waals surface area contributed by atoms with Gasteiger partial charge in [0, 0.05) is 37.2 Å². The van der Waals surface area contributed by atoms with Crippen molar-refractivity contribution in [2.75, 3.05) is 14.2 Å². The molecule has 0 unspecified atom stereocenters. The summed E-state index contributed by atoms with van der Waals surface area (Å²) >= 11 is 0. The Kier molecular flexibility index (Phi) is 12.8.